The summed E-state index contributed by atoms with van der Waals surface area (Å²) in [6.07, 6.45) is 2.39. The third-order valence-electron chi connectivity index (χ3n) is 3.25. The van der Waals surface area contributed by atoms with E-state index in [1.165, 1.54) is 6.42 Å². The summed E-state index contributed by atoms with van der Waals surface area (Å²) < 4.78 is 2.11. The normalized spacial score (nSPS) is 20.8. The van der Waals surface area contributed by atoms with Gasteiger partial charge >= 0.3 is 0 Å². The van der Waals surface area contributed by atoms with Crippen molar-refractivity contribution in [3.63, 3.8) is 0 Å². The van der Waals surface area contributed by atoms with Crippen molar-refractivity contribution in [1.82, 2.24) is 14.9 Å². The van der Waals surface area contributed by atoms with Crippen molar-refractivity contribution < 1.29 is 0 Å². The molecule has 0 spiro atoms. The Morgan fingerprint density at radius 2 is 2.38 bits per heavy atom. The zero-order valence-electron chi connectivity index (χ0n) is 9.20. The van der Waals surface area contributed by atoms with Gasteiger partial charge in [0.2, 0.25) is 0 Å². The topological polar surface area (TPSA) is 29.9 Å². The largest absolute Gasteiger partial charge is 0.329 e. The molecule has 4 heteroatoms. The van der Waals surface area contributed by atoms with Gasteiger partial charge in [0.05, 0.1) is 22.1 Å². The van der Waals surface area contributed by atoms with Crippen LogP contribution in [0.3, 0.4) is 0 Å². The number of hydrogen-bond acceptors (Lipinski definition) is 2. The van der Waals surface area contributed by atoms with Gasteiger partial charge < -0.3 is 9.88 Å². The van der Waals surface area contributed by atoms with Crippen LogP contribution in [0.1, 0.15) is 24.7 Å². The lowest BCUT2D eigenvalue weighted by Gasteiger charge is -2.09. The smallest absolute Gasteiger partial charge is 0.126 e. The predicted molar refractivity (Wildman–Crippen MR) is 65.7 cm³/mol. The van der Waals surface area contributed by atoms with Crippen molar-refractivity contribution >= 4 is 22.6 Å². The van der Waals surface area contributed by atoms with Crippen LogP contribution < -0.4 is 5.32 Å². The molecule has 1 atom stereocenters. The molecule has 0 aliphatic carbocycles. The lowest BCUT2D eigenvalue weighted by molar-refractivity contribution is 0.584. The number of aryl methyl sites for hydroxylation is 1. The van der Waals surface area contributed by atoms with Crippen molar-refractivity contribution in [1.29, 1.82) is 0 Å². The SMILES string of the molecule is Cn1c(C2CCCN2)nc2cccc(Cl)c21. The summed E-state index contributed by atoms with van der Waals surface area (Å²) in [4.78, 5) is 4.67. The molecule has 3 nitrogen and oxygen atoms in total. The van der Waals surface area contributed by atoms with Gasteiger partial charge in [0, 0.05) is 7.05 Å². The summed E-state index contributed by atoms with van der Waals surface area (Å²) in [7, 11) is 2.04. The quantitative estimate of drug-likeness (QED) is 0.824. The van der Waals surface area contributed by atoms with Crippen LogP contribution in [0.15, 0.2) is 18.2 Å². The second-order valence-electron chi connectivity index (χ2n) is 4.29. The van der Waals surface area contributed by atoms with E-state index in [4.69, 9.17) is 11.6 Å². The predicted octanol–water partition coefficient (Wildman–Crippen LogP) is 2.65. The highest BCUT2D eigenvalue weighted by Gasteiger charge is 2.22. The number of benzene rings is 1. The van der Waals surface area contributed by atoms with E-state index in [-0.39, 0.29) is 0 Å². The van der Waals surface area contributed by atoms with E-state index in [1.54, 1.807) is 0 Å². The number of aromatic nitrogens is 2. The average Bonchev–Trinajstić information content (AvgIpc) is 2.86. The Labute approximate surface area is 99.4 Å². The number of halogens is 1. The van der Waals surface area contributed by atoms with E-state index in [9.17, 15) is 0 Å². The van der Waals surface area contributed by atoms with Gasteiger partial charge in [-0.1, -0.05) is 17.7 Å². The van der Waals surface area contributed by atoms with Crippen molar-refractivity contribution in [2.24, 2.45) is 7.05 Å². The number of imidazole rings is 1. The molecule has 0 amide bonds. The minimum Gasteiger partial charge on any atom is -0.329 e. The Hall–Kier alpha value is -1.06. The van der Waals surface area contributed by atoms with Gasteiger partial charge in [0.25, 0.3) is 0 Å². The fraction of sp³-hybridized carbons (Fsp3) is 0.417. The van der Waals surface area contributed by atoms with E-state index < -0.39 is 0 Å². The highest BCUT2D eigenvalue weighted by molar-refractivity contribution is 6.35. The van der Waals surface area contributed by atoms with Gasteiger partial charge in [-0.3, -0.25) is 0 Å². The summed E-state index contributed by atoms with van der Waals surface area (Å²) in [5, 5.41) is 4.24. The number of para-hydroxylation sites is 1. The van der Waals surface area contributed by atoms with Crippen LogP contribution in [0.2, 0.25) is 5.02 Å². The Bertz CT molecular complexity index is 526. The molecule has 1 N–H and O–H groups in total. The van der Waals surface area contributed by atoms with Crippen LogP contribution in [0.5, 0.6) is 0 Å². The number of fused-ring (bicyclic) bond motifs is 1. The Kier molecular flexibility index (Phi) is 2.37. The van der Waals surface area contributed by atoms with Gasteiger partial charge in [0.1, 0.15) is 5.82 Å². The molecular weight excluding hydrogens is 222 g/mol. The number of hydrogen-bond donors (Lipinski definition) is 1. The first-order valence-electron chi connectivity index (χ1n) is 5.61. The molecule has 84 valence electrons. The molecule has 0 bridgehead atoms. The minimum atomic E-state index is 0.383. The van der Waals surface area contributed by atoms with E-state index in [0.717, 1.165) is 34.8 Å². The number of rotatable bonds is 1. The minimum absolute atomic E-state index is 0.383. The van der Waals surface area contributed by atoms with Gasteiger partial charge in [-0.25, -0.2) is 4.98 Å². The molecule has 3 rings (SSSR count). The monoisotopic (exact) mass is 235 g/mol. The Morgan fingerprint density at radius 1 is 1.50 bits per heavy atom. The lowest BCUT2D eigenvalue weighted by atomic mass is 10.2. The first-order valence-corrected chi connectivity index (χ1v) is 5.99. The summed E-state index contributed by atoms with van der Waals surface area (Å²) in [6.45, 7) is 1.08. The molecule has 1 aliphatic heterocycles. The van der Waals surface area contributed by atoms with Crippen LogP contribution in [0, 0.1) is 0 Å². The molecule has 0 radical (unpaired) electrons. The number of nitrogens with zero attached hydrogens (tertiary/aromatic N) is 2. The van der Waals surface area contributed by atoms with Crippen LogP contribution in [0.25, 0.3) is 11.0 Å². The molecular formula is C12H14ClN3. The van der Waals surface area contributed by atoms with Crippen LogP contribution in [-0.4, -0.2) is 16.1 Å². The molecule has 1 unspecified atom stereocenters. The van der Waals surface area contributed by atoms with Crippen LogP contribution in [0.4, 0.5) is 0 Å². The standard InChI is InChI=1S/C12H14ClN3/c1-16-11-8(13)4-2-5-9(11)15-12(16)10-6-3-7-14-10/h2,4-5,10,14H,3,6-7H2,1H3. The molecule has 1 aromatic heterocycles. The summed E-state index contributed by atoms with van der Waals surface area (Å²) in [5.41, 5.74) is 2.02. The highest BCUT2D eigenvalue weighted by atomic mass is 35.5. The third kappa shape index (κ3) is 1.43. The summed E-state index contributed by atoms with van der Waals surface area (Å²) in [6, 6.07) is 6.26. The molecule has 1 aliphatic rings. The molecule has 2 aromatic rings. The first-order chi connectivity index (χ1) is 7.77. The third-order valence-corrected chi connectivity index (χ3v) is 3.56. The van der Waals surface area contributed by atoms with E-state index >= 15 is 0 Å². The van der Waals surface area contributed by atoms with E-state index in [0.29, 0.717) is 6.04 Å². The van der Waals surface area contributed by atoms with Crippen LogP contribution in [-0.2, 0) is 7.05 Å². The van der Waals surface area contributed by atoms with Crippen molar-refractivity contribution in [3.8, 4) is 0 Å². The van der Waals surface area contributed by atoms with Crippen molar-refractivity contribution in [2.45, 2.75) is 18.9 Å². The summed E-state index contributed by atoms with van der Waals surface area (Å²) >= 11 is 6.20. The highest BCUT2D eigenvalue weighted by Crippen LogP contribution is 2.28. The van der Waals surface area contributed by atoms with E-state index in [1.807, 2.05) is 25.2 Å². The maximum Gasteiger partial charge on any atom is 0.126 e. The Balaban J connectivity index is 2.19. The maximum atomic E-state index is 6.20. The average molecular weight is 236 g/mol. The molecule has 16 heavy (non-hydrogen) atoms. The van der Waals surface area contributed by atoms with Gasteiger partial charge in [-0.2, -0.15) is 0 Å². The zero-order chi connectivity index (χ0) is 11.1. The van der Waals surface area contributed by atoms with Crippen molar-refractivity contribution in [2.75, 3.05) is 6.54 Å². The van der Waals surface area contributed by atoms with E-state index in [2.05, 4.69) is 14.9 Å². The summed E-state index contributed by atoms with van der Waals surface area (Å²) in [5.74, 6) is 1.10. The molecule has 1 saturated heterocycles. The first kappa shape index (κ1) is 10.1. The second kappa shape index (κ2) is 3.75. The van der Waals surface area contributed by atoms with Gasteiger partial charge in [-0.15, -0.1) is 0 Å². The van der Waals surface area contributed by atoms with Gasteiger partial charge in [-0.05, 0) is 31.5 Å². The lowest BCUT2D eigenvalue weighted by Crippen LogP contribution is -2.16. The molecule has 2 heterocycles. The molecule has 0 saturated carbocycles. The molecule has 1 aromatic carbocycles. The van der Waals surface area contributed by atoms with Gasteiger partial charge in [0.15, 0.2) is 0 Å². The van der Waals surface area contributed by atoms with Crippen molar-refractivity contribution in [3.05, 3.63) is 29.0 Å². The fourth-order valence-electron chi connectivity index (χ4n) is 2.46. The zero-order valence-corrected chi connectivity index (χ0v) is 9.96. The molecule has 1 fully saturated rings. The maximum absolute atomic E-state index is 6.20. The Morgan fingerprint density at radius 3 is 3.06 bits per heavy atom. The van der Waals surface area contributed by atoms with Crippen LogP contribution >= 0.6 is 11.6 Å². The fourth-order valence-corrected chi connectivity index (χ4v) is 2.75. The second-order valence-corrected chi connectivity index (χ2v) is 4.69. The number of nitrogens with one attached hydrogen (secondary N) is 1.